The Labute approximate surface area is 150 Å². The number of hydrogen-bond acceptors (Lipinski definition) is 2. The largest absolute Gasteiger partial charge is 0.364 e. The van der Waals surface area contributed by atoms with E-state index in [-0.39, 0.29) is 12.1 Å². The first-order valence-electron chi connectivity index (χ1n) is 9.44. The van der Waals surface area contributed by atoms with Gasteiger partial charge in [0.25, 0.3) is 5.91 Å². The zero-order valence-electron chi connectivity index (χ0n) is 14.9. The fraction of sp³-hybridized carbons (Fsp3) is 0.409. The average Bonchev–Trinajstić information content (AvgIpc) is 2.66. The number of nitrogens with zero attached hydrogens (tertiary/aromatic N) is 1. The van der Waals surface area contributed by atoms with Gasteiger partial charge in [0.2, 0.25) is 0 Å². The lowest BCUT2D eigenvalue weighted by Gasteiger charge is -2.43. The van der Waals surface area contributed by atoms with Crippen LogP contribution in [-0.4, -0.2) is 17.0 Å². The number of fused-ring (bicyclic) bond motifs is 1. The van der Waals surface area contributed by atoms with E-state index in [0.717, 1.165) is 11.3 Å². The maximum atomic E-state index is 13.2. The van der Waals surface area contributed by atoms with Gasteiger partial charge in [-0.1, -0.05) is 61.2 Å². The predicted octanol–water partition coefficient (Wildman–Crippen LogP) is 4.97. The summed E-state index contributed by atoms with van der Waals surface area (Å²) in [7, 11) is 0. The van der Waals surface area contributed by atoms with Crippen LogP contribution in [0.4, 0.5) is 5.69 Å². The summed E-state index contributed by atoms with van der Waals surface area (Å²) < 4.78 is 0. The van der Waals surface area contributed by atoms with Gasteiger partial charge in [0, 0.05) is 12.2 Å². The molecule has 2 aromatic rings. The van der Waals surface area contributed by atoms with Gasteiger partial charge in [-0.25, -0.2) is 0 Å². The summed E-state index contributed by atoms with van der Waals surface area (Å²) in [5, 5.41) is 3.68. The number of amides is 1. The minimum Gasteiger partial charge on any atom is -0.364 e. The molecule has 2 aromatic carbocycles. The van der Waals surface area contributed by atoms with Crippen LogP contribution in [0.5, 0.6) is 0 Å². The second-order valence-corrected chi connectivity index (χ2v) is 7.45. The highest BCUT2D eigenvalue weighted by Crippen LogP contribution is 2.35. The summed E-state index contributed by atoms with van der Waals surface area (Å²) in [4.78, 5) is 15.3. The van der Waals surface area contributed by atoms with Gasteiger partial charge >= 0.3 is 0 Å². The van der Waals surface area contributed by atoms with E-state index < -0.39 is 0 Å². The van der Waals surface area contributed by atoms with Crippen LogP contribution < -0.4 is 5.32 Å². The maximum absolute atomic E-state index is 13.2. The highest BCUT2D eigenvalue weighted by Gasteiger charge is 2.36. The van der Waals surface area contributed by atoms with Crippen LogP contribution in [0.1, 0.15) is 53.6 Å². The number of nitrogens with one attached hydrogen (secondary N) is 1. The van der Waals surface area contributed by atoms with Crippen LogP contribution in [0.25, 0.3) is 0 Å². The predicted molar refractivity (Wildman–Crippen MR) is 101 cm³/mol. The van der Waals surface area contributed by atoms with Crippen LogP contribution in [0.3, 0.4) is 0 Å². The van der Waals surface area contributed by atoms with Crippen LogP contribution >= 0.6 is 0 Å². The van der Waals surface area contributed by atoms with E-state index in [4.69, 9.17) is 0 Å². The Morgan fingerprint density at radius 1 is 1.00 bits per heavy atom. The maximum Gasteiger partial charge on any atom is 0.257 e. The van der Waals surface area contributed by atoms with E-state index in [0.29, 0.717) is 12.5 Å². The molecule has 1 saturated carbocycles. The van der Waals surface area contributed by atoms with E-state index in [1.54, 1.807) is 0 Å². The molecule has 1 aliphatic carbocycles. The Balaban J connectivity index is 1.66. The molecule has 1 amide bonds. The van der Waals surface area contributed by atoms with Crippen molar-refractivity contribution in [3.8, 4) is 0 Å². The lowest BCUT2D eigenvalue weighted by atomic mass is 9.85. The summed E-state index contributed by atoms with van der Waals surface area (Å²) in [6.45, 7) is 2.76. The molecule has 0 spiro atoms. The van der Waals surface area contributed by atoms with Crippen molar-refractivity contribution in [2.45, 2.75) is 51.7 Å². The summed E-state index contributed by atoms with van der Waals surface area (Å²) in [6.07, 6.45) is 6.39. The fourth-order valence-electron chi connectivity index (χ4n) is 4.20. The van der Waals surface area contributed by atoms with Gasteiger partial charge in [-0.15, -0.1) is 0 Å². The molecule has 25 heavy (non-hydrogen) atoms. The molecule has 130 valence electrons. The molecule has 0 aromatic heterocycles. The van der Waals surface area contributed by atoms with Gasteiger partial charge in [-0.3, -0.25) is 4.79 Å². The summed E-state index contributed by atoms with van der Waals surface area (Å²) in [5.41, 5.74) is 4.23. The van der Waals surface area contributed by atoms with Crippen molar-refractivity contribution in [2.75, 3.05) is 5.32 Å². The Morgan fingerprint density at radius 2 is 1.72 bits per heavy atom. The highest BCUT2D eigenvalue weighted by molar-refractivity contribution is 6.01. The van der Waals surface area contributed by atoms with Crippen molar-refractivity contribution in [3.05, 3.63) is 65.2 Å². The molecule has 0 bridgehead atoms. The number of carbonyl (C=O) groups is 1. The highest BCUT2D eigenvalue weighted by atomic mass is 16.2. The van der Waals surface area contributed by atoms with Gasteiger partial charge in [-0.2, -0.15) is 0 Å². The zero-order valence-corrected chi connectivity index (χ0v) is 14.9. The second kappa shape index (κ2) is 6.91. The molecule has 4 rings (SSSR count). The van der Waals surface area contributed by atoms with Gasteiger partial charge < -0.3 is 10.2 Å². The van der Waals surface area contributed by atoms with Crippen LogP contribution in [-0.2, 0) is 6.54 Å². The van der Waals surface area contributed by atoms with Crippen molar-refractivity contribution in [1.29, 1.82) is 0 Å². The quantitative estimate of drug-likeness (QED) is 0.859. The number of aryl methyl sites for hydroxylation is 1. The Kier molecular flexibility index (Phi) is 4.48. The van der Waals surface area contributed by atoms with E-state index in [1.165, 1.54) is 43.2 Å². The molecular formula is C22H26N2O. The van der Waals surface area contributed by atoms with Crippen molar-refractivity contribution in [1.82, 2.24) is 4.90 Å². The molecule has 2 aliphatic rings. The molecule has 1 atom stereocenters. The molecule has 1 heterocycles. The molecule has 0 saturated heterocycles. The fourth-order valence-corrected chi connectivity index (χ4v) is 4.20. The number of benzene rings is 2. The molecule has 0 radical (unpaired) electrons. The number of hydrogen-bond donors (Lipinski definition) is 1. The smallest absolute Gasteiger partial charge is 0.257 e. The van der Waals surface area contributed by atoms with Crippen molar-refractivity contribution >= 4 is 11.6 Å². The molecule has 3 nitrogen and oxygen atoms in total. The normalized spacial score (nSPS) is 20.9. The van der Waals surface area contributed by atoms with Crippen molar-refractivity contribution in [2.24, 2.45) is 5.92 Å². The van der Waals surface area contributed by atoms with Crippen LogP contribution in [0.15, 0.2) is 48.5 Å². The first-order valence-corrected chi connectivity index (χ1v) is 9.44. The first kappa shape index (κ1) is 16.2. The standard InChI is InChI=1S/C22H26N2O/c1-16-11-13-17(14-12-16)15-24-21(18-7-3-2-4-8-18)23-20-10-6-5-9-19(20)22(24)25/h5-6,9-14,18,21,23H,2-4,7-8,15H2,1H3. The van der Waals surface area contributed by atoms with E-state index in [2.05, 4.69) is 41.4 Å². The van der Waals surface area contributed by atoms with E-state index in [1.807, 2.05) is 24.3 Å². The topological polar surface area (TPSA) is 32.3 Å². The first-order chi connectivity index (χ1) is 12.2. The zero-order chi connectivity index (χ0) is 17.2. The van der Waals surface area contributed by atoms with Crippen LogP contribution in [0.2, 0.25) is 0 Å². The Morgan fingerprint density at radius 3 is 2.48 bits per heavy atom. The summed E-state index contributed by atoms with van der Waals surface area (Å²) in [6, 6.07) is 16.5. The van der Waals surface area contributed by atoms with Crippen LogP contribution in [0, 0.1) is 12.8 Å². The lowest BCUT2D eigenvalue weighted by molar-refractivity contribution is 0.0569. The minimum absolute atomic E-state index is 0.101. The Bertz CT molecular complexity index is 747. The van der Waals surface area contributed by atoms with E-state index >= 15 is 0 Å². The van der Waals surface area contributed by atoms with Gasteiger partial charge in [0.15, 0.2) is 0 Å². The number of anilines is 1. The molecule has 1 aliphatic heterocycles. The SMILES string of the molecule is Cc1ccc(CN2C(=O)c3ccccc3NC2C2CCCCC2)cc1. The summed E-state index contributed by atoms with van der Waals surface area (Å²) in [5.74, 6) is 0.696. The molecular weight excluding hydrogens is 308 g/mol. The monoisotopic (exact) mass is 334 g/mol. The number of para-hydroxylation sites is 1. The van der Waals surface area contributed by atoms with Crippen molar-refractivity contribution < 1.29 is 4.79 Å². The third-order valence-corrected chi connectivity index (χ3v) is 5.63. The summed E-state index contributed by atoms with van der Waals surface area (Å²) >= 11 is 0. The third-order valence-electron chi connectivity index (χ3n) is 5.63. The van der Waals surface area contributed by atoms with Gasteiger partial charge in [0.05, 0.1) is 5.56 Å². The van der Waals surface area contributed by atoms with Gasteiger partial charge in [0.1, 0.15) is 6.17 Å². The average molecular weight is 334 g/mol. The second-order valence-electron chi connectivity index (χ2n) is 7.45. The molecule has 1 N–H and O–H groups in total. The molecule has 3 heteroatoms. The third kappa shape index (κ3) is 3.28. The lowest BCUT2D eigenvalue weighted by Crippen LogP contribution is -2.52. The number of rotatable bonds is 3. The minimum atomic E-state index is 0.101. The molecule has 1 fully saturated rings. The van der Waals surface area contributed by atoms with Gasteiger partial charge in [-0.05, 0) is 43.4 Å². The molecule has 1 unspecified atom stereocenters. The number of carbonyl (C=O) groups excluding carboxylic acids is 1. The Hall–Kier alpha value is -2.29. The van der Waals surface area contributed by atoms with E-state index in [9.17, 15) is 4.79 Å². The van der Waals surface area contributed by atoms with Crippen molar-refractivity contribution in [3.63, 3.8) is 0 Å².